The predicted octanol–water partition coefficient (Wildman–Crippen LogP) is 2.76. The monoisotopic (exact) mass is 341 g/mol. The molecule has 1 aliphatic heterocycles. The van der Waals surface area contributed by atoms with Gasteiger partial charge in [-0.3, -0.25) is 4.79 Å². The number of amides is 1. The van der Waals surface area contributed by atoms with Crippen LogP contribution in [0.3, 0.4) is 0 Å². The van der Waals surface area contributed by atoms with Crippen molar-refractivity contribution < 1.29 is 23.7 Å². The third kappa shape index (κ3) is 4.03. The van der Waals surface area contributed by atoms with Gasteiger partial charge in [-0.05, 0) is 41.5 Å². The quantitative estimate of drug-likeness (QED) is 0.819. The van der Waals surface area contributed by atoms with Crippen molar-refractivity contribution in [3.8, 4) is 23.0 Å². The molecule has 0 spiro atoms. The Balaban J connectivity index is 1.58. The zero-order chi connectivity index (χ0) is 17.6. The maximum atomic E-state index is 12.0. The first-order valence-electron chi connectivity index (χ1n) is 7.76. The van der Waals surface area contributed by atoms with Crippen molar-refractivity contribution in [3.05, 3.63) is 53.6 Å². The minimum atomic E-state index is -0.188. The van der Waals surface area contributed by atoms with Crippen molar-refractivity contribution in [1.82, 2.24) is 5.32 Å². The molecule has 2 aromatic rings. The van der Waals surface area contributed by atoms with Gasteiger partial charge in [0.2, 0.25) is 12.7 Å². The van der Waals surface area contributed by atoms with Gasteiger partial charge in [-0.2, -0.15) is 0 Å². The zero-order valence-corrected chi connectivity index (χ0v) is 14.1. The minimum Gasteiger partial charge on any atom is -0.493 e. The Morgan fingerprint density at radius 1 is 1.08 bits per heavy atom. The van der Waals surface area contributed by atoms with Crippen LogP contribution in [0.25, 0.3) is 6.08 Å². The van der Waals surface area contributed by atoms with E-state index in [1.54, 1.807) is 32.4 Å². The molecule has 6 nitrogen and oxygen atoms in total. The summed E-state index contributed by atoms with van der Waals surface area (Å²) in [6.07, 6.45) is 3.20. The van der Waals surface area contributed by atoms with E-state index in [1.807, 2.05) is 24.3 Å². The second-order valence-electron chi connectivity index (χ2n) is 5.35. The molecule has 0 unspecified atom stereocenters. The number of carbonyl (C=O) groups excluding carboxylic acids is 1. The molecule has 1 heterocycles. The number of methoxy groups -OCH3 is 2. The topological polar surface area (TPSA) is 66.0 Å². The summed E-state index contributed by atoms with van der Waals surface area (Å²) in [6.45, 7) is 0.644. The maximum Gasteiger partial charge on any atom is 0.244 e. The van der Waals surface area contributed by atoms with Crippen LogP contribution in [-0.2, 0) is 11.3 Å². The second-order valence-corrected chi connectivity index (χ2v) is 5.35. The highest BCUT2D eigenvalue weighted by atomic mass is 16.7. The van der Waals surface area contributed by atoms with Gasteiger partial charge in [0, 0.05) is 12.6 Å². The molecular weight excluding hydrogens is 322 g/mol. The molecular formula is C19H19NO5. The molecule has 1 aliphatic rings. The van der Waals surface area contributed by atoms with Gasteiger partial charge >= 0.3 is 0 Å². The van der Waals surface area contributed by atoms with Gasteiger partial charge in [0.25, 0.3) is 0 Å². The minimum absolute atomic E-state index is 0.188. The highest BCUT2D eigenvalue weighted by molar-refractivity contribution is 5.91. The number of benzene rings is 2. The van der Waals surface area contributed by atoms with Crippen LogP contribution in [0.1, 0.15) is 11.1 Å². The molecule has 2 aromatic carbocycles. The lowest BCUT2D eigenvalue weighted by atomic mass is 10.2. The van der Waals surface area contributed by atoms with E-state index < -0.39 is 0 Å². The number of hydrogen-bond donors (Lipinski definition) is 1. The van der Waals surface area contributed by atoms with Crippen molar-refractivity contribution in [2.75, 3.05) is 21.0 Å². The molecule has 0 atom stereocenters. The van der Waals surface area contributed by atoms with Crippen LogP contribution < -0.4 is 24.3 Å². The van der Waals surface area contributed by atoms with Gasteiger partial charge in [-0.15, -0.1) is 0 Å². The van der Waals surface area contributed by atoms with Gasteiger partial charge in [0.15, 0.2) is 23.0 Å². The molecule has 130 valence electrons. The lowest BCUT2D eigenvalue weighted by Crippen LogP contribution is -2.20. The molecule has 0 radical (unpaired) electrons. The van der Waals surface area contributed by atoms with Crippen molar-refractivity contribution in [3.63, 3.8) is 0 Å². The number of hydrogen-bond acceptors (Lipinski definition) is 5. The third-order valence-corrected chi connectivity index (χ3v) is 3.74. The van der Waals surface area contributed by atoms with Crippen molar-refractivity contribution in [2.45, 2.75) is 6.54 Å². The highest BCUT2D eigenvalue weighted by Gasteiger charge is 2.13. The second kappa shape index (κ2) is 7.61. The SMILES string of the molecule is COc1ccc(C=CC(=O)NCc2ccc3c(c2)OCO3)cc1OC. The van der Waals surface area contributed by atoms with Crippen LogP contribution >= 0.6 is 0 Å². The van der Waals surface area contributed by atoms with Crippen LogP contribution in [0, 0.1) is 0 Å². The largest absolute Gasteiger partial charge is 0.493 e. The van der Waals surface area contributed by atoms with Crippen LogP contribution in [-0.4, -0.2) is 26.9 Å². The van der Waals surface area contributed by atoms with E-state index in [4.69, 9.17) is 18.9 Å². The number of carbonyl (C=O) groups is 1. The Morgan fingerprint density at radius 2 is 1.88 bits per heavy atom. The fourth-order valence-corrected chi connectivity index (χ4v) is 2.43. The van der Waals surface area contributed by atoms with Gasteiger partial charge in [0.05, 0.1) is 14.2 Å². The average molecular weight is 341 g/mol. The van der Waals surface area contributed by atoms with E-state index in [1.165, 1.54) is 6.08 Å². The van der Waals surface area contributed by atoms with E-state index in [2.05, 4.69) is 5.32 Å². The van der Waals surface area contributed by atoms with E-state index in [0.29, 0.717) is 23.8 Å². The third-order valence-electron chi connectivity index (χ3n) is 3.74. The Kier molecular flexibility index (Phi) is 5.09. The fraction of sp³-hybridized carbons (Fsp3) is 0.211. The van der Waals surface area contributed by atoms with Gasteiger partial charge in [-0.25, -0.2) is 0 Å². The summed E-state index contributed by atoms with van der Waals surface area (Å²) < 4.78 is 21.0. The summed E-state index contributed by atoms with van der Waals surface area (Å²) in [7, 11) is 3.15. The Bertz CT molecular complexity index is 800. The smallest absolute Gasteiger partial charge is 0.244 e. The van der Waals surface area contributed by atoms with Gasteiger partial charge < -0.3 is 24.3 Å². The van der Waals surface area contributed by atoms with Crippen molar-refractivity contribution >= 4 is 12.0 Å². The average Bonchev–Trinajstić information content (AvgIpc) is 3.12. The summed E-state index contributed by atoms with van der Waals surface area (Å²) in [5.41, 5.74) is 1.79. The molecule has 1 amide bonds. The van der Waals surface area contributed by atoms with E-state index in [9.17, 15) is 4.79 Å². The Hall–Kier alpha value is -3.15. The van der Waals surface area contributed by atoms with Crippen LogP contribution in [0.4, 0.5) is 0 Å². The Labute approximate surface area is 146 Å². The van der Waals surface area contributed by atoms with E-state index in [0.717, 1.165) is 16.9 Å². The summed E-state index contributed by atoms with van der Waals surface area (Å²) >= 11 is 0. The summed E-state index contributed by atoms with van der Waals surface area (Å²) in [5, 5.41) is 2.83. The normalized spacial score (nSPS) is 12.2. The lowest BCUT2D eigenvalue weighted by molar-refractivity contribution is -0.116. The van der Waals surface area contributed by atoms with Crippen molar-refractivity contribution in [1.29, 1.82) is 0 Å². The molecule has 25 heavy (non-hydrogen) atoms. The first kappa shape index (κ1) is 16.7. The van der Waals surface area contributed by atoms with E-state index >= 15 is 0 Å². The van der Waals surface area contributed by atoms with E-state index in [-0.39, 0.29) is 12.7 Å². The molecule has 0 fully saturated rings. The molecule has 0 bridgehead atoms. The molecule has 3 rings (SSSR count). The maximum absolute atomic E-state index is 12.0. The molecule has 0 saturated heterocycles. The number of rotatable bonds is 6. The van der Waals surface area contributed by atoms with Gasteiger partial charge in [-0.1, -0.05) is 12.1 Å². The number of nitrogens with one attached hydrogen (secondary N) is 1. The molecule has 1 N–H and O–H groups in total. The van der Waals surface area contributed by atoms with Crippen molar-refractivity contribution in [2.24, 2.45) is 0 Å². The first-order valence-corrected chi connectivity index (χ1v) is 7.76. The lowest BCUT2D eigenvalue weighted by Gasteiger charge is -2.07. The van der Waals surface area contributed by atoms with Crippen LogP contribution in [0.2, 0.25) is 0 Å². The van der Waals surface area contributed by atoms with Crippen LogP contribution in [0.5, 0.6) is 23.0 Å². The molecule has 0 aliphatic carbocycles. The first-order chi connectivity index (χ1) is 12.2. The molecule has 6 heteroatoms. The Morgan fingerprint density at radius 3 is 2.68 bits per heavy atom. The number of ether oxygens (including phenoxy) is 4. The fourth-order valence-electron chi connectivity index (χ4n) is 2.43. The predicted molar refractivity (Wildman–Crippen MR) is 93.0 cm³/mol. The molecule has 0 saturated carbocycles. The van der Waals surface area contributed by atoms with Crippen LogP contribution in [0.15, 0.2) is 42.5 Å². The standard InChI is InChI=1S/C19H19NO5/c1-22-15-6-3-13(9-17(15)23-2)5-8-19(21)20-11-14-4-7-16-18(10-14)25-12-24-16/h3-10H,11-12H2,1-2H3,(H,20,21). The summed E-state index contributed by atoms with van der Waals surface area (Å²) in [6, 6.07) is 11.0. The summed E-state index contributed by atoms with van der Waals surface area (Å²) in [4.78, 5) is 12.0. The van der Waals surface area contributed by atoms with Gasteiger partial charge in [0.1, 0.15) is 0 Å². The zero-order valence-electron chi connectivity index (χ0n) is 14.1. The number of fused-ring (bicyclic) bond motifs is 1. The summed E-state index contributed by atoms with van der Waals surface area (Å²) in [5.74, 6) is 2.50. The molecule has 0 aromatic heterocycles. The highest BCUT2D eigenvalue weighted by Crippen LogP contribution is 2.32.